The van der Waals surface area contributed by atoms with E-state index in [1.807, 2.05) is 6.07 Å². The topological polar surface area (TPSA) is 93.2 Å². The first-order valence-electron chi connectivity index (χ1n) is 6.94. The van der Waals surface area contributed by atoms with Gasteiger partial charge < -0.3 is 10.1 Å². The molecule has 122 valence electrons. The molecule has 2 aromatic rings. The highest BCUT2D eigenvalue weighted by Gasteiger charge is 2.23. The van der Waals surface area contributed by atoms with E-state index in [4.69, 9.17) is 4.74 Å². The zero-order chi connectivity index (χ0) is 17.0. The van der Waals surface area contributed by atoms with Crippen molar-refractivity contribution in [2.24, 2.45) is 0 Å². The molecule has 0 atom stereocenters. The van der Waals surface area contributed by atoms with Gasteiger partial charge in [-0.25, -0.2) is 9.78 Å². The number of aromatic nitrogens is 2. The second-order valence-corrected chi connectivity index (χ2v) is 6.62. The number of nitrogens with one attached hydrogen (secondary N) is 2. The zero-order valence-electron chi connectivity index (χ0n) is 13.3. The Morgan fingerprint density at radius 2 is 2.00 bits per heavy atom. The summed E-state index contributed by atoms with van der Waals surface area (Å²) in [6.07, 6.45) is 0.996. The summed E-state index contributed by atoms with van der Waals surface area (Å²) in [6, 6.07) is 5.39. The van der Waals surface area contributed by atoms with E-state index in [1.165, 1.54) is 7.05 Å². The molecule has 23 heavy (non-hydrogen) atoms. The molecule has 2 N–H and O–H groups in total. The molecule has 8 heteroatoms. The Morgan fingerprint density at radius 3 is 2.57 bits per heavy atom. The number of ether oxygens (including phenoxy) is 1. The predicted octanol–water partition coefficient (Wildman–Crippen LogP) is 2.91. The van der Waals surface area contributed by atoms with Crippen LogP contribution in [0, 0.1) is 0 Å². The molecule has 0 unspecified atom stereocenters. The van der Waals surface area contributed by atoms with Gasteiger partial charge in [0.1, 0.15) is 15.6 Å². The third-order valence-electron chi connectivity index (χ3n) is 2.57. The van der Waals surface area contributed by atoms with Gasteiger partial charge in [-0.15, -0.1) is 0 Å². The van der Waals surface area contributed by atoms with Gasteiger partial charge in [0.15, 0.2) is 5.69 Å². The number of hydrogen-bond acceptors (Lipinski definition) is 6. The molecule has 0 aromatic carbocycles. The Morgan fingerprint density at radius 1 is 1.26 bits per heavy atom. The molecule has 2 rings (SSSR count). The number of thiazole rings is 1. The molecule has 0 bridgehead atoms. The van der Waals surface area contributed by atoms with Gasteiger partial charge in [0.05, 0.1) is 5.69 Å². The summed E-state index contributed by atoms with van der Waals surface area (Å²) in [4.78, 5) is 32.4. The summed E-state index contributed by atoms with van der Waals surface area (Å²) in [5, 5.41) is 5.94. The van der Waals surface area contributed by atoms with Crippen LogP contribution in [-0.2, 0) is 4.74 Å². The van der Waals surface area contributed by atoms with Crippen molar-refractivity contribution in [3.63, 3.8) is 0 Å². The average Bonchev–Trinajstić information content (AvgIpc) is 2.89. The van der Waals surface area contributed by atoms with Crippen LogP contribution < -0.4 is 10.6 Å². The van der Waals surface area contributed by atoms with Gasteiger partial charge in [-0.05, 0) is 32.9 Å². The van der Waals surface area contributed by atoms with Crippen LogP contribution in [0.25, 0.3) is 10.7 Å². The Balaban J connectivity index is 2.32. The van der Waals surface area contributed by atoms with E-state index >= 15 is 0 Å². The van der Waals surface area contributed by atoms with E-state index in [0.717, 1.165) is 11.3 Å². The molecule has 0 aliphatic heterocycles. The van der Waals surface area contributed by atoms with Gasteiger partial charge in [-0.2, -0.15) is 0 Å². The Kier molecular flexibility index (Phi) is 4.95. The standard InChI is InChI=1S/C15H18N4O3S/c1-15(2,3)22-14(21)19-13-10(11(20)16-4)18-12(23-13)9-7-5-6-8-17-9/h5-8H,1-4H3,(H,16,20)(H,19,21). The van der Waals surface area contributed by atoms with Gasteiger partial charge in [0.2, 0.25) is 0 Å². The van der Waals surface area contributed by atoms with E-state index in [0.29, 0.717) is 15.7 Å². The van der Waals surface area contributed by atoms with Crippen molar-refractivity contribution < 1.29 is 14.3 Å². The first-order valence-corrected chi connectivity index (χ1v) is 7.76. The summed E-state index contributed by atoms with van der Waals surface area (Å²) < 4.78 is 5.21. The second-order valence-electron chi connectivity index (χ2n) is 5.62. The van der Waals surface area contributed by atoms with Crippen LogP contribution in [-0.4, -0.2) is 34.6 Å². The molecular weight excluding hydrogens is 316 g/mol. The number of carbonyl (C=O) groups excluding carboxylic acids is 2. The number of carbonyl (C=O) groups is 2. The van der Waals surface area contributed by atoms with Crippen LogP contribution in [0.4, 0.5) is 9.80 Å². The van der Waals surface area contributed by atoms with Crippen molar-refractivity contribution in [2.45, 2.75) is 26.4 Å². The molecule has 0 radical (unpaired) electrons. The summed E-state index contributed by atoms with van der Waals surface area (Å²) >= 11 is 1.16. The van der Waals surface area contributed by atoms with Gasteiger partial charge in [-0.3, -0.25) is 15.1 Å². The van der Waals surface area contributed by atoms with Gasteiger partial charge in [-0.1, -0.05) is 17.4 Å². The minimum atomic E-state index is -0.640. The highest BCUT2D eigenvalue weighted by atomic mass is 32.1. The molecule has 0 aliphatic carbocycles. The van der Waals surface area contributed by atoms with Crippen molar-refractivity contribution in [3.05, 3.63) is 30.1 Å². The van der Waals surface area contributed by atoms with E-state index in [2.05, 4.69) is 20.6 Å². The largest absolute Gasteiger partial charge is 0.444 e. The summed E-state index contributed by atoms with van der Waals surface area (Å²) in [5.41, 5.74) is 0.120. The maximum atomic E-state index is 12.0. The SMILES string of the molecule is CNC(=O)c1nc(-c2ccccn2)sc1NC(=O)OC(C)(C)C. The molecule has 0 aliphatic rings. The molecular formula is C15H18N4O3S. The molecule has 0 saturated heterocycles. The van der Waals surface area contributed by atoms with Crippen LogP contribution in [0.2, 0.25) is 0 Å². The van der Waals surface area contributed by atoms with Crippen LogP contribution in [0.1, 0.15) is 31.3 Å². The third kappa shape index (κ3) is 4.49. The maximum Gasteiger partial charge on any atom is 0.412 e. The first kappa shape index (κ1) is 16.9. The molecule has 0 saturated carbocycles. The summed E-state index contributed by atoms with van der Waals surface area (Å²) in [5.74, 6) is -0.394. The quantitative estimate of drug-likeness (QED) is 0.900. The van der Waals surface area contributed by atoms with Crippen molar-refractivity contribution in [3.8, 4) is 10.7 Å². The predicted molar refractivity (Wildman–Crippen MR) is 88.6 cm³/mol. The van der Waals surface area contributed by atoms with E-state index in [1.54, 1.807) is 39.1 Å². The van der Waals surface area contributed by atoms with Crippen LogP contribution in [0.15, 0.2) is 24.4 Å². The fourth-order valence-electron chi connectivity index (χ4n) is 1.67. The lowest BCUT2D eigenvalue weighted by atomic mass is 10.2. The number of nitrogens with zero attached hydrogens (tertiary/aromatic N) is 2. The number of pyridine rings is 1. The van der Waals surface area contributed by atoms with Crippen LogP contribution >= 0.6 is 11.3 Å². The normalized spacial score (nSPS) is 11.0. The van der Waals surface area contributed by atoms with Crippen LogP contribution in [0.5, 0.6) is 0 Å². The highest BCUT2D eigenvalue weighted by Crippen LogP contribution is 2.31. The molecule has 2 heterocycles. The smallest absolute Gasteiger partial charge is 0.412 e. The number of amides is 2. The number of anilines is 1. The third-order valence-corrected chi connectivity index (χ3v) is 3.56. The zero-order valence-corrected chi connectivity index (χ0v) is 14.2. The van der Waals surface area contributed by atoms with E-state index < -0.39 is 17.6 Å². The number of rotatable bonds is 3. The van der Waals surface area contributed by atoms with E-state index in [-0.39, 0.29) is 5.69 Å². The van der Waals surface area contributed by atoms with Gasteiger partial charge in [0.25, 0.3) is 5.91 Å². The maximum absolute atomic E-state index is 12.0. The number of hydrogen-bond donors (Lipinski definition) is 2. The monoisotopic (exact) mass is 334 g/mol. The van der Waals surface area contributed by atoms with Crippen molar-refractivity contribution in [1.29, 1.82) is 0 Å². The fraction of sp³-hybridized carbons (Fsp3) is 0.333. The lowest BCUT2D eigenvalue weighted by molar-refractivity contribution is 0.0636. The summed E-state index contributed by atoms with van der Waals surface area (Å²) in [7, 11) is 1.50. The Hall–Kier alpha value is -2.48. The van der Waals surface area contributed by atoms with Crippen LogP contribution in [0.3, 0.4) is 0 Å². The summed E-state index contributed by atoms with van der Waals surface area (Å²) in [6.45, 7) is 5.29. The molecule has 2 amide bonds. The fourth-order valence-corrected chi connectivity index (χ4v) is 2.60. The van der Waals surface area contributed by atoms with Gasteiger partial charge >= 0.3 is 6.09 Å². The first-order chi connectivity index (χ1) is 10.8. The Bertz CT molecular complexity index is 707. The van der Waals surface area contributed by atoms with Crippen molar-refractivity contribution in [2.75, 3.05) is 12.4 Å². The Labute approximate surface area is 138 Å². The minimum Gasteiger partial charge on any atom is -0.444 e. The molecule has 2 aromatic heterocycles. The van der Waals surface area contributed by atoms with E-state index in [9.17, 15) is 9.59 Å². The highest BCUT2D eigenvalue weighted by molar-refractivity contribution is 7.19. The lowest BCUT2D eigenvalue weighted by Crippen LogP contribution is -2.28. The molecule has 0 fully saturated rings. The van der Waals surface area contributed by atoms with Gasteiger partial charge in [0, 0.05) is 13.2 Å². The molecule has 0 spiro atoms. The van der Waals surface area contributed by atoms with Crippen molar-refractivity contribution in [1.82, 2.24) is 15.3 Å². The minimum absolute atomic E-state index is 0.129. The van der Waals surface area contributed by atoms with Crippen molar-refractivity contribution >= 4 is 28.3 Å². The second kappa shape index (κ2) is 6.74. The lowest BCUT2D eigenvalue weighted by Gasteiger charge is -2.19. The average molecular weight is 334 g/mol. The molecule has 7 nitrogen and oxygen atoms in total.